The third-order valence-electron chi connectivity index (χ3n) is 1.75. The molecule has 0 amide bonds. The zero-order chi connectivity index (χ0) is 11.3. The number of carbonyl (C=O) groups is 1. The number of hydrogen-bond acceptors (Lipinski definition) is 4. The van der Waals surface area contributed by atoms with E-state index in [9.17, 15) is 9.28 Å². The highest BCUT2D eigenvalue weighted by Crippen LogP contribution is 2.19. The molecule has 0 saturated carbocycles. The number of hydrogen-bond donors (Lipinski definition) is 0. The van der Waals surface area contributed by atoms with Gasteiger partial charge in [0.05, 0.1) is 7.11 Å². The van der Waals surface area contributed by atoms with Gasteiger partial charge in [0, 0.05) is 6.42 Å². The smallest absolute Gasteiger partial charge is 0.335 e. The maximum absolute atomic E-state index is 13.2. The van der Waals surface area contributed by atoms with E-state index >= 15 is 0 Å². The lowest BCUT2D eigenvalue weighted by atomic mass is 10.3. The molecular weight excluding hydrogens is 201 g/mol. The normalized spacial score (nSPS) is 9.53. The number of carbonyl (C=O) groups excluding carboxylic acids is 1. The maximum Gasteiger partial charge on any atom is 0.335 e. The lowest BCUT2D eigenvalue weighted by Crippen LogP contribution is -2.17. The minimum Gasteiger partial charge on any atom is -0.497 e. The fourth-order valence-electron chi connectivity index (χ4n) is 0.906. The quantitative estimate of drug-likeness (QED) is 0.568. The van der Waals surface area contributed by atoms with Gasteiger partial charge in [0.2, 0.25) is 0 Å². The summed E-state index contributed by atoms with van der Waals surface area (Å²) < 4.78 is 18.1. The van der Waals surface area contributed by atoms with Gasteiger partial charge in [-0.3, -0.25) is 0 Å². The Hall–Kier alpha value is -1.78. The Kier molecular flexibility index (Phi) is 3.91. The molecule has 4 nitrogen and oxygen atoms in total. The van der Waals surface area contributed by atoms with Crippen LogP contribution >= 0.6 is 0 Å². The van der Waals surface area contributed by atoms with E-state index in [1.54, 1.807) is 19.1 Å². The van der Waals surface area contributed by atoms with Crippen molar-refractivity contribution in [2.45, 2.75) is 13.3 Å². The Labute approximate surface area is 87.1 Å². The molecule has 0 unspecified atom stereocenters. The number of benzene rings is 1. The predicted molar refractivity (Wildman–Crippen MR) is 53.0 cm³/mol. The summed E-state index contributed by atoms with van der Waals surface area (Å²) in [6.07, 6.45) is 0.122. The van der Waals surface area contributed by atoms with Gasteiger partial charge >= 0.3 is 5.97 Å². The molecule has 0 aliphatic rings. The molecule has 0 atom stereocenters. The minimum atomic E-state index is -0.631. The molecule has 0 aromatic heterocycles. The van der Waals surface area contributed by atoms with Crippen LogP contribution in [0.2, 0.25) is 0 Å². The first-order chi connectivity index (χ1) is 7.17. The number of halogens is 1. The second-order valence-corrected chi connectivity index (χ2v) is 2.76. The van der Waals surface area contributed by atoms with Crippen LogP contribution in [0.5, 0.6) is 5.75 Å². The van der Waals surface area contributed by atoms with Gasteiger partial charge in [-0.05, 0) is 29.6 Å². The first-order valence-corrected chi connectivity index (χ1v) is 4.48. The molecule has 0 heterocycles. The first-order valence-electron chi connectivity index (χ1n) is 4.48. The second-order valence-electron chi connectivity index (χ2n) is 2.76. The third-order valence-corrected chi connectivity index (χ3v) is 1.75. The highest BCUT2D eigenvalue weighted by Gasteiger charge is 2.10. The molecule has 0 radical (unpaired) electrons. The minimum absolute atomic E-state index is 0.0642. The zero-order valence-electron chi connectivity index (χ0n) is 8.57. The van der Waals surface area contributed by atoms with Crippen molar-refractivity contribution in [3.63, 3.8) is 0 Å². The standard InChI is InChI=1S/C10H12FNO3/c1-3-10(13)15-12(11)8-4-6-9(14-2)7-5-8/h4-7H,3H2,1-2H3. The highest BCUT2D eigenvalue weighted by atomic mass is 19.2. The van der Waals surface area contributed by atoms with Crippen LogP contribution in [0.25, 0.3) is 0 Å². The Bertz CT molecular complexity index is 326. The summed E-state index contributed by atoms with van der Waals surface area (Å²) in [6.45, 7) is 1.59. The molecule has 0 spiro atoms. The van der Waals surface area contributed by atoms with E-state index < -0.39 is 5.97 Å². The fraction of sp³-hybridized carbons (Fsp3) is 0.300. The van der Waals surface area contributed by atoms with Gasteiger partial charge in [-0.2, -0.15) is 0 Å². The Morgan fingerprint density at radius 1 is 1.40 bits per heavy atom. The number of ether oxygens (including phenoxy) is 1. The van der Waals surface area contributed by atoms with E-state index in [-0.39, 0.29) is 17.4 Å². The van der Waals surface area contributed by atoms with E-state index in [1.165, 1.54) is 19.2 Å². The summed E-state index contributed by atoms with van der Waals surface area (Å²) in [5, 5.41) is -0.0642. The lowest BCUT2D eigenvalue weighted by Gasteiger charge is -2.12. The Morgan fingerprint density at radius 2 is 2.00 bits per heavy atom. The van der Waals surface area contributed by atoms with Crippen molar-refractivity contribution in [2.24, 2.45) is 0 Å². The van der Waals surface area contributed by atoms with Gasteiger partial charge in [-0.1, -0.05) is 11.4 Å². The molecule has 0 fully saturated rings. The Morgan fingerprint density at radius 3 is 2.47 bits per heavy atom. The highest BCUT2D eigenvalue weighted by molar-refractivity contribution is 5.70. The van der Waals surface area contributed by atoms with Crippen molar-refractivity contribution >= 4 is 11.7 Å². The first kappa shape index (κ1) is 11.3. The van der Waals surface area contributed by atoms with Crippen molar-refractivity contribution in [2.75, 3.05) is 12.4 Å². The van der Waals surface area contributed by atoms with Crippen molar-refractivity contribution in [3.8, 4) is 5.75 Å². The molecule has 1 rings (SSSR count). The number of rotatable bonds is 4. The molecule has 82 valence electrons. The molecular formula is C10H12FNO3. The molecule has 0 aliphatic carbocycles. The van der Waals surface area contributed by atoms with Gasteiger partial charge in [0.25, 0.3) is 0 Å². The van der Waals surface area contributed by atoms with Crippen LogP contribution < -0.4 is 10.0 Å². The van der Waals surface area contributed by atoms with Gasteiger partial charge in [-0.15, -0.1) is 0 Å². The van der Waals surface area contributed by atoms with Crippen LogP contribution in [0.15, 0.2) is 24.3 Å². The van der Waals surface area contributed by atoms with Crippen LogP contribution in [0, 0.1) is 0 Å². The van der Waals surface area contributed by atoms with E-state index in [2.05, 4.69) is 4.84 Å². The summed E-state index contributed by atoms with van der Waals surface area (Å²) in [5.41, 5.74) is 0.137. The van der Waals surface area contributed by atoms with Crippen LogP contribution in [0.1, 0.15) is 13.3 Å². The molecule has 1 aromatic carbocycles. The number of nitrogens with zero attached hydrogens (tertiary/aromatic N) is 1. The third kappa shape index (κ3) is 3.12. The molecule has 0 saturated heterocycles. The predicted octanol–water partition coefficient (Wildman–Crippen LogP) is 2.25. The lowest BCUT2D eigenvalue weighted by molar-refractivity contribution is -0.150. The summed E-state index contributed by atoms with van der Waals surface area (Å²) in [4.78, 5) is 15.1. The monoisotopic (exact) mass is 213 g/mol. The molecule has 0 bridgehead atoms. The molecule has 15 heavy (non-hydrogen) atoms. The SMILES string of the molecule is CCC(=O)ON(F)c1ccc(OC)cc1. The van der Waals surface area contributed by atoms with Gasteiger partial charge < -0.3 is 9.57 Å². The summed E-state index contributed by atoms with van der Waals surface area (Å²) >= 11 is 0. The zero-order valence-corrected chi connectivity index (χ0v) is 8.57. The van der Waals surface area contributed by atoms with Gasteiger partial charge in [-0.25, -0.2) is 4.79 Å². The van der Waals surface area contributed by atoms with Crippen molar-refractivity contribution < 1.29 is 18.9 Å². The van der Waals surface area contributed by atoms with E-state index in [4.69, 9.17) is 4.74 Å². The average Bonchev–Trinajstić information content (AvgIpc) is 2.29. The van der Waals surface area contributed by atoms with Crippen LogP contribution in [0.3, 0.4) is 0 Å². The molecule has 5 heteroatoms. The van der Waals surface area contributed by atoms with Crippen molar-refractivity contribution in [1.82, 2.24) is 0 Å². The molecule has 0 aliphatic heterocycles. The fourth-order valence-corrected chi connectivity index (χ4v) is 0.906. The topological polar surface area (TPSA) is 38.8 Å². The average molecular weight is 213 g/mol. The van der Waals surface area contributed by atoms with Crippen molar-refractivity contribution in [3.05, 3.63) is 24.3 Å². The summed E-state index contributed by atoms with van der Waals surface area (Å²) in [7, 11) is 1.51. The largest absolute Gasteiger partial charge is 0.497 e. The summed E-state index contributed by atoms with van der Waals surface area (Å²) in [6, 6.07) is 6.03. The van der Waals surface area contributed by atoms with Gasteiger partial charge in [0.15, 0.2) is 0 Å². The van der Waals surface area contributed by atoms with Crippen LogP contribution in [-0.2, 0) is 9.63 Å². The van der Waals surface area contributed by atoms with E-state index in [1.807, 2.05) is 0 Å². The van der Waals surface area contributed by atoms with Gasteiger partial charge in [0.1, 0.15) is 11.4 Å². The Balaban J connectivity index is 2.65. The molecule has 1 aromatic rings. The maximum atomic E-state index is 13.2. The van der Waals surface area contributed by atoms with Crippen molar-refractivity contribution in [1.29, 1.82) is 0 Å². The molecule has 0 N–H and O–H groups in total. The number of anilines is 1. The van der Waals surface area contributed by atoms with E-state index in [0.29, 0.717) is 5.75 Å². The van der Waals surface area contributed by atoms with E-state index in [0.717, 1.165) is 0 Å². The van der Waals surface area contributed by atoms with Crippen LogP contribution in [-0.4, -0.2) is 13.1 Å². The number of methoxy groups -OCH3 is 1. The van der Waals surface area contributed by atoms with Crippen LogP contribution in [0.4, 0.5) is 10.2 Å². The summed E-state index contributed by atoms with van der Waals surface area (Å²) in [5.74, 6) is -0.0257. The second kappa shape index (κ2) is 5.19.